The molecule has 25 heavy (non-hydrogen) atoms. The van der Waals surface area contributed by atoms with Crippen LogP contribution in [0.2, 0.25) is 0 Å². The fraction of sp³-hybridized carbons (Fsp3) is 0.350. The molecule has 5 nitrogen and oxygen atoms in total. The Bertz CT molecular complexity index is 792. The number of hydrogen-bond donors (Lipinski definition) is 0. The summed E-state index contributed by atoms with van der Waals surface area (Å²) in [5.41, 5.74) is 2.22. The zero-order valence-electron chi connectivity index (χ0n) is 15.3. The lowest BCUT2D eigenvalue weighted by atomic mass is 9.96. The maximum absolute atomic E-state index is 12.1. The highest BCUT2D eigenvalue weighted by atomic mass is 16.5. The van der Waals surface area contributed by atoms with Crippen LogP contribution in [-0.2, 0) is 14.3 Å². The van der Waals surface area contributed by atoms with Crippen LogP contribution in [-0.4, -0.2) is 41.0 Å². The smallest absolute Gasteiger partial charge is 0.333 e. The van der Waals surface area contributed by atoms with E-state index < -0.39 is 0 Å². The van der Waals surface area contributed by atoms with Crippen molar-refractivity contribution in [3.63, 3.8) is 0 Å². The molecule has 0 amide bonds. The van der Waals surface area contributed by atoms with E-state index in [1.807, 2.05) is 31.2 Å². The zero-order chi connectivity index (χ0) is 18.4. The summed E-state index contributed by atoms with van der Waals surface area (Å²) in [5, 5.41) is 1.89. The molecule has 0 bridgehead atoms. The van der Waals surface area contributed by atoms with E-state index in [4.69, 9.17) is 18.9 Å². The Labute approximate surface area is 148 Å². The third kappa shape index (κ3) is 3.77. The van der Waals surface area contributed by atoms with Crippen LogP contribution in [0.3, 0.4) is 0 Å². The number of hydrogen-bond acceptors (Lipinski definition) is 5. The normalized spacial score (nSPS) is 11.5. The first-order chi connectivity index (χ1) is 12.1. The average Bonchev–Trinajstić information content (AvgIpc) is 2.64. The molecule has 0 saturated carbocycles. The summed E-state index contributed by atoms with van der Waals surface area (Å²) in [4.78, 5) is 12.1. The summed E-state index contributed by atoms with van der Waals surface area (Å²) in [6.07, 6.45) is 2.24. The van der Waals surface area contributed by atoms with Gasteiger partial charge >= 0.3 is 5.97 Å². The Kier molecular flexibility index (Phi) is 6.42. The highest BCUT2D eigenvalue weighted by molar-refractivity contribution is 6.01. The maximum atomic E-state index is 12.1. The minimum Gasteiger partial charge on any atom is -0.496 e. The van der Waals surface area contributed by atoms with E-state index in [1.54, 1.807) is 27.4 Å². The van der Waals surface area contributed by atoms with Gasteiger partial charge in [0, 0.05) is 41.0 Å². The Balaban J connectivity index is 2.76. The molecule has 0 spiro atoms. The van der Waals surface area contributed by atoms with Crippen molar-refractivity contribution in [1.29, 1.82) is 0 Å². The molecule has 0 aliphatic rings. The molecule has 0 aromatic heterocycles. The van der Waals surface area contributed by atoms with E-state index in [0.29, 0.717) is 24.4 Å². The standard InChI is InChI=1S/C20H24O5/c1-13-17(12-14(10-11-22-2)20(21)25-5)19(24-4)16-9-7-6-8-15(16)18(13)23-3/h6-9,12H,10-11H2,1-5H3. The van der Waals surface area contributed by atoms with Gasteiger partial charge in [0.25, 0.3) is 0 Å². The van der Waals surface area contributed by atoms with E-state index in [0.717, 1.165) is 27.6 Å². The summed E-state index contributed by atoms with van der Waals surface area (Å²) < 4.78 is 21.3. The SMILES string of the molecule is COCCC(=Cc1c(C)c(OC)c2ccccc2c1OC)C(=O)OC. The highest BCUT2D eigenvalue weighted by Gasteiger charge is 2.19. The van der Waals surface area contributed by atoms with Gasteiger partial charge in [0.15, 0.2) is 0 Å². The molecular weight excluding hydrogens is 320 g/mol. The lowest BCUT2D eigenvalue weighted by Crippen LogP contribution is -2.08. The van der Waals surface area contributed by atoms with Crippen LogP contribution in [0, 0.1) is 6.92 Å². The van der Waals surface area contributed by atoms with E-state index in [-0.39, 0.29) is 5.97 Å². The molecule has 2 rings (SSSR count). The molecule has 0 aliphatic heterocycles. The van der Waals surface area contributed by atoms with Gasteiger partial charge in [-0.2, -0.15) is 0 Å². The van der Waals surface area contributed by atoms with Gasteiger partial charge in [-0.05, 0) is 13.0 Å². The third-order valence-electron chi connectivity index (χ3n) is 4.16. The Morgan fingerprint density at radius 2 is 1.60 bits per heavy atom. The number of fused-ring (bicyclic) bond motifs is 1. The van der Waals surface area contributed by atoms with Gasteiger partial charge in [0.2, 0.25) is 0 Å². The van der Waals surface area contributed by atoms with Gasteiger partial charge in [-0.3, -0.25) is 0 Å². The quantitative estimate of drug-likeness (QED) is 0.565. The van der Waals surface area contributed by atoms with Gasteiger partial charge in [-0.1, -0.05) is 24.3 Å². The minimum atomic E-state index is -0.384. The summed E-state index contributed by atoms with van der Waals surface area (Å²) in [5.74, 6) is 1.08. The molecule has 2 aromatic rings. The molecule has 0 fully saturated rings. The molecule has 0 radical (unpaired) electrons. The molecule has 0 unspecified atom stereocenters. The van der Waals surface area contributed by atoms with Crippen molar-refractivity contribution in [3.8, 4) is 11.5 Å². The molecule has 5 heteroatoms. The molecule has 2 aromatic carbocycles. The molecular formula is C20H24O5. The van der Waals surface area contributed by atoms with E-state index in [2.05, 4.69) is 0 Å². The Morgan fingerprint density at radius 1 is 1.00 bits per heavy atom. The van der Waals surface area contributed by atoms with Gasteiger partial charge in [0.1, 0.15) is 11.5 Å². The summed E-state index contributed by atoms with van der Waals surface area (Å²) in [6, 6.07) is 7.86. The first kappa shape index (κ1) is 18.8. The predicted octanol–water partition coefficient (Wildman–Crippen LogP) is 3.76. The maximum Gasteiger partial charge on any atom is 0.333 e. The second kappa shape index (κ2) is 8.53. The zero-order valence-corrected chi connectivity index (χ0v) is 15.3. The number of esters is 1. The first-order valence-corrected chi connectivity index (χ1v) is 8.00. The van der Waals surface area contributed by atoms with Crippen LogP contribution >= 0.6 is 0 Å². The number of carbonyl (C=O) groups excluding carboxylic acids is 1. The minimum absolute atomic E-state index is 0.384. The van der Waals surface area contributed by atoms with Crippen LogP contribution < -0.4 is 9.47 Å². The second-order valence-electron chi connectivity index (χ2n) is 5.55. The van der Waals surface area contributed by atoms with Crippen LogP contribution in [0.15, 0.2) is 29.8 Å². The van der Waals surface area contributed by atoms with Crippen molar-refractivity contribution < 1.29 is 23.7 Å². The molecule has 0 saturated heterocycles. The van der Waals surface area contributed by atoms with Crippen LogP contribution in [0.4, 0.5) is 0 Å². The third-order valence-corrected chi connectivity index (χ3v) is 4.16. The van der Waals surface area contributed by atoms with Crippen molar-refractivity contribution in [2.24, 2.45) is 0 Å². The number of methoxy groups -OCH3 is 4. The van der Waals surface area contributed by atoms with Crippen LogP contribution in [0.1, 0.15) is 17.5 Å². The lowest BCUT2D eigenvalue weighted by molar-refractivity contribution is -0.136. The van der Waals surface area contributed by atoms with Gasteiger partial charge in [-0.15, -0.1) is 0 Å². The van der Waals surface area contributed by atoms with E-state index in [1.165, 1.54) is 7.11 Å². The van der Waals surface area contributed by atoms with Crippen molar-refractivity contribution in [1.82, 2.24) is 0 Å². The largest absolute Gasteiger partial charge is 0.496 e. The molecule has 0 N–H and O–H groups in total. The van der Waals surface area contributed by atoms with Gasteiger partial charge in [-0.25, -0.2) is 4.79 Å². The van der Waals surface area contributed by atoms with Gasteiger partial charge < -0.3 is 18.9 Å². The molecule has 0 atom stereocenters. The average molecular weight is 344 g/mol. The van der Waals surface area contributed by atoms with Gasteiger partial charge in [0.05, 0.1) is 27.9 Å². The fourth-order valence-electron chi connectivity index (χ4n) is 2.93. The Hall–Kier alpha value is -2.53. The second-order valence-corrected chi connectivity index (χ2v) is 5.55. The first-order valence-electron chi connectivity index (χ1n) is 8.00. The van der Waals surface area contributed by atoms with Crippen LogP contribution in [0.5, 0.6) is 11.5 Å². The van der Waals surface area contributed by atoms with Crippen molar-refractivity contribution in [2.45, 2.75) is 13.3 Å². The Morgan fingerprint density at radius 3 is 2.12 bits per heavy atom. The number of benzene rings is 2. The number of rotatable bonds is 7. The van der Waals surface area contributed by atoms with Crippen molar-refractivity contribution >= 4 is 22.8 Å². The van der Waals surface area contributed by atoms with E-state index in [9.17, 15) is 4.79 Å². The molecule has 0 heterocycles. The summed E-state index contributed by atoms with van der Waals surface area (Å²) in [6.45, 7) is 2.37. The number of carbonyl (C=O) groups is 1. The van der Waals surface area contributed by atoms with Crippen molar-refractivity contribution in [3.05, 3.63) is 41.0 Å². The fourth-order valence-corrected chi connectivity index (χ4v) is 2.93. The molecule has 134 valence electrons. The molecule has 0 aliphatic carbocycles. The summed E-state index contributed by atoms with van der Waals surface area (Å²) >= 11 is 0. The highest BCUT2D eigenvalue weighted by Crippen LogP contribution is 2.41. The monoisotopic (exact) mass is 344 g/mol. The topological polar surface area (TPSA) is 54.0 Å². The summed E-state index contributed by atoms with van der Waals surface area (Å²) in [7, 11) is 6.23. The van der Waals surface area contributed by atoms with Crippen molar-refractivity contribution in [2.75, 3.05) is 35.0 Å². The predicted molar refractivity (Wildman–Crippen MR) is 98.3 cm³/mol. The van der Waals surface area contributed by atoms with E-state index >= 15 is 0 Å². The number of ether oxygens (including phenoxy) is 4. The van der Waals surface area contributed by atoms with Crippen LogP contribution in [0.25, 0.3) is 16.8 Å². The lowest BCUT2D eigenvalue weighted by Gasteiger charge is -2.18.